The van der Waals surface area contributed by atoms with Crippen molar-refractivity contribution in [2.45, 2.75) is 0 Å². The minimum absolute atomic E-state index is 0.0807. The first-order valence-corrected chi connectivity index (χ1v) is 8.56. The van der Waals surface area contributed by atoms with Gasteiger partial charge in [-0.1, -0.05) is 36.4 Å². The molecule has 0 bridgehead atoms. The Bertz CT molecular complexity index is 954. The molecule has 142 valence electrons. The summed E-state index contributed by atoms with van der Waals surface area (Å²) in [6.07, 6.45) is 0. The highest BCUT2D eigenvalue weighted by Crippen LogP contribution is 2.30. The number of para-hydroxylation sites is 2. The van der Waals surface area contributed by atoms with Crippen LogP contribution in [0.2, 0.25) is 0 Å². The summed E-state index contributed by atoms with van der Waals surface area (Å²) >= 11 is 0. The third-order valence-electron chi connectivity index (χ3n) is 4.42. The van der Waals surface area contributed by atoms with E-state index < -0.39 is 23.4 Å². The van der Waals surface area contributed by atoms with E-state index in [-0.39, 0.29) is 11.1 Å². The van der Waals surface area contributed by atoms with Crippen LogP contribution in [0.15, 0.2) is 72.8 Å². The molecule has 0 N–H and O–H groups in total. The summed E-state index contributed by atoms with van der Waals surface area (Å²) in [6, 6.07) is 18.0. The fourth-order valence-electron chi connectivity index (χ4n) is 2.88. The van der Waals surface area contributed by atoms with Gasteiger partial charge in [0.1, 0.15) is 11.6 Å². The van der Waals surface area contributed by atoms with Gasteiger partial charge < -0.3 is 9.80 Å². The Morgan fingerprint density at radius 1 is 0.607 bits per heavy atom. The zero-order valence-corrected chi connectivity index (χ0v) is 15.4. The topological polar surface area (TPSA) is 40.6 Å². The molecule has 3 aromatic rings. The molecule has 0 aromatic heterocycles. The molecule has 3 aromatic carbocycles. The van der Waals surface area contributed by atoms with Crippen LogP contribution in [0.5, 0.6) is 0 Å². The molecule has 4 nitrogen and oxygen atoms in total. The van der Waals surface area contributed by atoms with Gasteiger partial charge in [0.2, 0.25) is 0 Å². The van der Waals surface area contributed by atoms with E-state index in [2.05, 4.69) is 0 Å². The van der Waals surface area contributed by atoms with Crippen LogP contribution in [-0.2, 0) is 0 Å². The predicted octanol–water partition coefficient (Wildman–Crippen LogP) is 4.52. The van der Waals surface area contributed by atoms with Crippen LogP contribution in [0.4, 0.5) is 20.2 Å². The number of rotatable bonds is 4. The number of benzene rings is 3. The molecule has 0 fully saturated rings. The van der Waals surface area contributed by atoms with Crippen molar-refractivity contribution < 1.29 is 18.4 Å². The first-order valence-electron chi connectivity index (χ1n) is 8.56. The molecule has 0 saturated carbocycles. The van der Waals surface area contributed by atoms with Crippen molar-refractivity contribution in [2.24, 2.45) is 0 Å². The highest BCUT2D eigenvalue weighted by atomic mass is 19.1. The van der Waals surface area contributed by atoms with E-state index >= 15 is 0 Å². The average molecular weight is 380 g/mol. The molecule has 6 heteroatoms. The molecule has 0 aliphatic carbocycles. The lowest BCUT2D eigenvalue weighted by molar-refractivity contribution is 0.0977. The van der Waals surface area contributed by atoms with Gasteiger partial charge in [0.25, 0.3) is 11.8 Å². The number of hydrogen-bond acceptors (Lipinski definition) is 2. The second-order valence-electron chi connectivity index (χ2n) is 6.18. The van der Waals surface area contributed by atoms with Gasteiger partial charge in [0.05, 0.1) is 22.5 Å². The monoisotopic (exact) mass is 380 g/mol. The van der Waals surface area contributed by atoms with Crippen molar-refractivity contribution in [3.05, 3.63) is 95.6 Å². The molecule has 0 spiro atoms. The van der Waals surface area contributed by atoms with Gasteiger partial charge >= 0.3 is 0 Å². The maximum absolute atomic E-state index is 14.0. The van der Waals surface area contributed by atoms with Gasteiger partial charge in [0, 0.05) is 14.1 Å². The molecule has 2 amide bonds. The van der Waals surface area contributed by atoms with Gasteiger partial charge in [0.15, 0.2) is 0 Å². The lowest BCUT2D eigenvalue weighted by Gasteiger charge is -2.26. The number of hydrogen-bond donors (Lipinski definition) is 0. The van der Waals surface area contributed by atoms with E-state index in [1.807, 2.05) is 0 Å². The summed E-state index contributed by atoms with van der Waals surface area (Å²) in [4.78, 5) is 28.0. The first kappa shape index (κ1) is 19.2. The molecule has 0 saturated heterocycles. The number of amides is 2. The largest absolute Gasteiger partial charge is 0.309 e. The minimum Gasteiger partial charge on any atom is -0.309 e. The van der Waals surface area contributed by atoms with Crippen molar-refractivity contribution >= 4 is 23.2 Å². The van der Waals surface area contributed by atoms with Gasteiger partial charge in [-0.3, -0.25) is 9.59 Å². The highest BCUT2D eigenvalue weighted by molar-refractivity contribution is 6.11. The zero-order valence-electron chi connectivity index (χ0n) is 15.4. The Hall–Kier alpha value is -3.54. The van der Waals surface area contributed by atoms with Crippen LogP contribution in [0, 0.1) is 11.6 Å². The normalized spacial score (nSPS) is 10.4. The van der Waals surface area contributed by atoms with E-state index in [0.29, 0.717) is 11.4 Å². The van der Waals surface area contributed by atoms with E-state index in [4.69, 9.17) is 0 Å². The number of carbonyl (C=O) groups is 2. The summed E-state index contributed by atoms with van der Waals surface area (Å²) < 4.78 is 28.0. The fraction of sp³-hybridized carbons (Fsp3) is 0.0909. The Balaban J connectivity index is 1.97. The van der Waals surface area contributed by atoms with Crippen LogP contribution >= 0.6 is 0 Å². The summed E-state index contributed by atoms with van der Waals surface area (Å²) in [6.45, 7) is 0. The third-order valence-corrected chi connectivity index (χ3v) is 4.42. The molecule has 28 heavy (non-hydrogen) atoms. The van der Waals surface area contributed by atoms with E-state index in [9.17, 15) is 18.4 Å². The number of nitrogens with zero attached hydrogens (tertiary/aromatic N) is 2. The maximum atomic E-state index is 14.0. The van der Waals surface area contributed by atoms with Crippen molar-refractivity contribution in [3.63, 3.8) is 0 Å². The number of anilines is 2. The first-order chi connectivity index (χ1) is 13.4. The quantitative estimate of drug-likeness (QED) is 0.668. The van der Waals surface area contributed by atoms with Crippen LogP contribution in [0.3, 0.4) is 0 Å². The summed E-state index contributed by atoms with van der Waals surface area (Å²) in [5.41, 5.74) is 0.622. The molecular formula is C22H18F2N2O2. The molecule has 0 aliphatic rings. The molecule has 0 heterocycles. The Morgan fingerprint density at radius 3 is 1.29 bits per heavy atom. The third kappa shape index (κ3) is 3.62. The Morgan fingerprint density at radius 2 is 0.929 bits per heavy atom. The lowest BCUT2D eigenvalue weighted by Crippen LogP contribution is -2.32. The number of halogens is 2. The second-order valence-corrected chi connectivity index (χ2v) is 6.18. The predicted molar refractivity (Wildman–Crippen MR) is 105 cm³/mol. The van der Waals surface area contributed by atoms with Crippen LogP contribution in [-0.4, -0.2) is 25.9 Å². The standard InChI is InChI=1S/C22H18F2N2O2/c1-25(21(27)15-9-3-5-11-17(15)23)19-13-7-8-14-20(19)26(2)22(28)16-10-4-6-12-18(16)24/h3-14H,1-2H3. The summed E-state index contributed by atoms with van der Waals surface area (Å²) in [5.74, 6) is -2.38. The van der Waals surface area contributed by atoms with Crippen molar-refractivity contribution in [1.82, 2.24) is 0 Å². The van der Waals surface area contributed by atoms with Crippen LogP contribution < -0.4 is 9.80 Å². The molecule has 0 aliphatic heterocycles. The smallest absolute Gasteiger partial charge is 0.261 e. The van der Waals surface area contributed by atoms with E-state index in [1.54, 1.807) is 36.4 Å². The molecule has 0 atom stereocenters. The van der Waals surface area contributed by atoms with Crippen LogP contribution in [0.25, 0.3) is 0 Å². The Kier molecular flexibility index (Phi) is 5.49. The van der Waals surface area contributed by atoms with E-state index in [0.717, 1.165) is 0 Å². The maximum Gasteiger partial charge on any atom is 0.261 e. The van der Waals surface area contributed by atoms with Crippen molar-refractivity contribution in [2.75, 3.05) is 23.9 Å². The van der Waals surface area contributed by atoms with Gasteiger partial charge in [-0.05, 0) is 36.4 Å². The lowest BCUT2D eigenvalue weighted by atomic mass is 10.1. The highest BCUT2D eigenvalue weighted by Gasteiger charge is 2.24. The minimum atomic E-state index is -0.632. The van der Waals surface area contributed by atoms with E-state index in [1.165, 1.54) is 60.3 Å². The average Bonchev–Trinajstić information content (AvgIpc) is 2.72. The second kappa shape index (κ2) is 8.00. The SMILES string of the molecule is CN(C(=O)c1ccccc1F)c1ccccc1N(C)C(=O)c1ccccc1F. The molecule has 3 rings (SSSR count). The molecule has 0 radical (unpaired) electrons. The summed E-state index contributed by atoms with van der Waals surface area (Å²) in [5, 5.41) is 0. The zero-order chi connectivity index (χ0) is 20.3. The number of carbonyl (C=O) groups excluding carboxylic acids is 2. The summed E-state index contributed by atoms with van der Waals surface area (Å²) in [7, 11) is 2.99. The van der Waals surface area contributed by atoms with Crippen LogP contribution in [0.1, 0.15) is 20.7 Å². The molecule has 0 unspecified atom stereocenters. The van der Waals surface area contributed by atoms with Crippen molar-refractivity contribution in [3.8, 4) is 0 Å². The van der Waals surface area contributed by atoms with Gasteiger partial charge in [-0.15, -0.1) is 0 Å². The Labute approximate surface area is 161 Å². The van der Waals surface area contributed by atoms with Gasteiger partial charge in [-0.25, -0.2) is 8.78 Å². The van der Waals surface area contributed by atoms with Crippen molar-refractivity contribution in [1.29, 1.82) is 0 Å². The van der Waals surface area contributed by atoms with Gasteiger partial charge in [-0.2, -0.15) is 0 Å². The molecular weight excluding hydrogens is 362 g/mol. The fourth-order valence-corrected chi connectivity index (χ4v) is 2.88.